The van der Waals surface area contributed by atoms with Gasteiger partial charge in [-0.15, -0.1) is 0 Å². The third kappa shape index (κ3) is 5.05. The molecule has 0 atom stereocenters. The van der Waals surface area contributed by atoms with Gasteiger partial charge in [-0.3, -0.25) is 4.79 Å². The molecule has 0 unspecified atom stereocenters. The van der Waals surface area contributed by atoms with Crippen LogP contribution in [0.2, 0.25) is 0 Å². The molecule has 1 aliphatic heterocycles. The van der Waals surface area contributed by atoms with Crippen molar-refractivity contribution in [1.29, 1.82) is 0 Å². The van der Waals surface area contributed by atoms with Crippen molar-refractivity contribution in [2.24, 2.45) is 4.99 Å². The number of rotatable bonds is 8. The molecule has 0 saturated carbocycles. The highest BCUT2D eigenvalue weighted by atomic mass is 16.6. The predicted molar refractivity (Wildman–Crippen MR) is 112 cm³/mol. The monoisotopic (exact) mass is 409 g/mol. The first-order valence-electron chi connectivity index (χ1n) is 9.68. The number of carbonyl (C=O) groups is 2. The summed E-state index contributed by atoms with van der Waals surface area (Å²) in [7, 11) is 1.56. The van der Waals surface area contributed by atoms with Crippen LogP contribution in [-0.4, -0.2) is 31.6 Å². The highest BCUT2D eigenvalue weighted by Gasteiger charge is 2.24. The first-order chi connectivity index (χ1) is 14.5. The first-order valence-corrected chi connectivity index (χ1v) is 9.68. The number of aliphatic imine (C=N–C) groups is 1. The largest absolute Gasteiger partial charge is 0.497 e. The van der Waals surface area contributed by atoms with Gasteiger partial charge in [-0.25, -0.2) is 9.79 Å². The van der Waals surface area contributed by atoms with E-state index < -0.39 is 5.97 Å². The Morgan fingerprint density at radius 2 is 1.97 bits per heavy atom. The Kier molecular flexibility index (Phi) is 6.85. The van der Waals surface area contributed by atoms with E-state index in [1.807, 2.05) is 13.8 Å². The number of hydrogen-bond donors (Lipinski definition) is 0. The molecule has 30 heavy (non-hydrogen) atoms. The molecular weight excluding hydrogens is 386 g/mol. The molecule has 0 N–H and O–H groups in total. The van der Waals surface area contributed by atoms with E-state index in [2.05, 4.69) is 4.99 Å². The van der Waals surface area contributed by atoms with Crippen molar-refractivity contribution >= 4 is 23.9 Å². The fourth-order valence-corrected chi connectivity index (χ4v) is 2.79. The summed E-state index contributed by atoms with van der Waals surface area (Å²) >= 11 is 0. The van der Waals surface area contributed by atoms with Gasteiger partial charge in [-0.1, -0.05) is 19.1 Å². The molecular formula is C23H23NO6. The highest BCUT2D eigenvalue weighted by Crippen LogP contribution is 2.30. The Labute approximate surface area is 174 Å². The summed E-state index contributed by atoms with van der Waals surface area (Å²) < 4.78 is 21.5. The zero-order chi connectivity index (χ0) is 21.5. The van der Waals surface area contributed by atoms with Crippen molar-refractivity contribution < 1.29 is 28.5 Å². The fourth-order valence-electron chi connectivity index (χ4n) is 2.79. The second kappa shape index (κ2) is 9.73. The predicted octanol–water partition coefficient (Wildman–Crippen LogP) is 4.14. The molecule has 2 aromatic rings. The molecule has 0 amide bonds. The van der Waals surface area contributed by atoms with Crippen molar-refractivity contribution in [3.05, 3.63) is 59.3 Å². The summed E-state index contributed by atoms with van der Waals surface area (Å²) in [5.74, 6) is 0.728. The topological polar surface area (TPSA) is 83.4 Å². The van der Waals surface area contributed by atoms with Crippen LogP contribution in [0.25, 0.3) is 6.08 Å². The Balaban J connectivity index is 1.87. The molecule has 0 spiro atoms. The van der Waals surface area contributed by atoms with Gasteiger partial charge in [0.25, 0.3) is 0 Å². The Bertz CT molecular complexity index is 1010. The number of esters is 2. The summed E-state index contributed by atoms with van der Waals surface area (Å²) in [5, 5.41) is 0. The molecule has 7 nitrogen and oxygen atoms in total. The van der Waals surface area contributed by atoms with Crippen LogP contribution in [0.4, 0.5) is 0 Å². The second-order valence-corrected chi connectivity index (χ2v) is 6.43. The van der Waals surface area contributed by atoms with Gasteiger partial charge in [-0.2, -0.15) is 0 Å². The number of nitrogens with zero attached hydrogens (tertiary/aromatic N) is 1. The van der Waals surface area contributed by atoms with E-state index in [1.165, 1.54) is 0 Å². The van der Waals surface area contributed by atoms with E-state index in [1.54, 1.807) is 55.7 Å². The Morgan fingerprint density at radius 3 is 2.70 bits per heavy atom. The van der Waals surface area contributed by atoms with Crippen molar-refractivity contribution in [2.75, 3.05) is 13.7 Å². The minimum absolute atomic E-state index is 0.158. The van der Waals surface area contributed by atoms with Crippen LogP contribution in [0.15, 0.2) is 53.2 Å². The summed E-state index contributed by atoms with van der Waals surface area (Å²) in [6.07, 6.45) is 2.61. The number of hydrogen-bond acceptors (Lipinski definition) is 7. The van der Waals surface area contributed by atoms with E-state index in [-0.39, 0.29) is 17.6 Å². The maximum Gasteiger partial charge on any atom is 0.363 e. The van der Waals surface area contributed by atoms with Crippen molar-refractivity contribution in [1.82, 2.24) is 0 Å². The van der Waals surface area contributed by atoms with Crippen LogP contribution >= 0.6 is 0 Å². The third-order valence-electron chi connectivity index (χ3n) is 4.19. The van der Waals surface area contributed by atoms with Gasteiger partial charge in [0.15, 0.2) is 17.2 Å². The zero-order valence-corrected chi connectivity index (χ0v) is 17.1. The smallest absolute Gasteiger partial charge is 0.363 e. The zero-order valence-electron chi connectivity index (χ0n) is 17.1. The van der Waals surface area contributed by atoms with E-state index in [9.17, 15) is 9.59 Å². The van der Waals surface area contributed by atoms with E-state index >= 15 is 0 Å². The average molecular weight is 409 g/mol. The van der Waals surface area contributed by atoms with Crippen LogP contribution in [0, 0.1) is 0 Å². The maximum absolute atomic E-state index is 12.3. The van der Waals surface area contributed by atoms with E-state index in [0.29, 0.717) is 47.8 Å². The molecule has 0 aliphatic carbocycles. The highest BCUT2D eigenvalue weighted by molar-refractivity contribution is 6.13. The Morgan fingerprint density at radius 1 is 1.13 bits per heavy atom. The van der Waals surface area contributed by atoms with Crippen LogP contribution in [0.5, 0.6) is 17.2 Å². The minimum Gasteiger partial charge on any atom is -0.497 e. The van der Waals surface area contributed by atoms with Gasteiger partial charge < -0.3 is 18.9 Å². The van der Waals surface area contributed by atoms with Crippen LogP contribution in [-0.2, 0) is 14.3 Å². The number of cyclic esters (lactones) is 1. The van der Waals surface area contributed by atoms with Gasteiger partial charge >= 0.3 is 11.9 Å². The van der Waals surface area contributed by atoms with Crippen LogP contribution in [0.3, 0.4) is 0 Å². The summed E-state index contributed by atoms with van der Waals surface area (Å²) in [6.45, 7) is 4.14. The van der Waals surface area contributed by atoms with Crippen molar-refractivity contribution in [3.63, 3.8) is 0 Å². The molecule has 2 aromatic carbocycles. The van der Waals surface area contributed by atoms with Crippen molar-refractivity contribution in [3.8, 4) is 17.2 Å². The van der Waals surface area contributed by atoms with Gasteiger partial charge in [0.05, 0.1) is 13.7 Å². The molecule has 0 aromatic heterocycles. The lowest BCUT2D eigenvalue weighted by molar-refractivity contribution is -0.134. The Hall–Kier alpha value is -3.61. The van der Waals surface area contributed by atoms with E-state index in [4.69, 9.17) is 18.9 Å². The minimum atomic E-state index is -0.552. The number of carbonyl (C=O) groups excluding carboxylic acids is 2. The molecule has 0 bridgehead atoms. The maximum atomic E-state index is 12.3. The van der Waals surface area contributed by atoms with Crippen LogP contribution < -0.4 is 14.2 Å². The fraction of sp³-hybridized carbons (Fsp3) is 0.261. The molecule has 1 aliphatic rings. The van der Waals surface area contributed by atoms with Crippen molar-refractivity contribution in [2.45, 2.75) is 26.7 Å². The summed E-state index contributed by atoms with van der Waals surface area (Å²) in [4.78, 5) is 28.4. The van der Waals surface area contributed by atoms with Gasteiger partial charge in [-0.05, 0) is 55.3 Å². The lowest BCUT2D eigenvalue weighted by Gasteiger charge is -2.11. The second-order valence-electron chi connectivity index (χ2n) is 6.43. The first kappa shape index (κ1) is 21.1. The summed E-state index contributed by atoms with van der Waals surface area (Å²) in [5.41, 5.74) is 1.46. The number of ether oxygens (including phenoxy) is 4. The third-order valence-corrected chi connectivity index (χ3v) is 4.19. The molecule has 0 fully saturated rings. The average Bonchev–Trinajstić information content (AvgIpc) is 3.10. The van der Waals surface area contributed by atoms with Gasteiger partial charge in [0.2, 0.25) is 5.90 Å². The standard InChI is InChI=1S/C23H23NO6/c1-4-7-21(25)29-19-11-10-15(13-20(19)28-5-2)12-18-23(26)30-22(24-18)16-8-6-9-17(14-16)27-3/h6,8-14H,4-5,7H2,1-3H3/b18-12+. The molecule has 1 heterocycles. The molecule has 3 rings (SSSR count). The normalized spacial score (nSPS) is 14.3. The van der Waals surface area contributed by atoms with Crippen LogP contribution in [0.1, 0.15) is 37.8 Å². The van der Waals surface area contributed by atoms with E-state index in [0.717, 1.165) is 0 Å². The number of benzene rings is 2. The molecule has 0 saturated heterocycles. The lowest BCUT2D eigenvalue weighted by atomic mass is 10.1. The quantitative estimate of drug-likeness (QED) is 0.370. The molecule has 7 heteroatoms. The molecule has 156 valence electrons. The summed E-state index contributed by atoms with van der Waals surface area (Å²) in [6, 6.07) is 12.2. The lowest BCUT2D eigenvalue weighted by Crippen LogP contribution is -2.08. The SMILES string of the molecule is CCCC(=O)Oc1ccc(/C=C2/N=C(c3cccc(OC)c3)OC2=O)cc1OCC. The van der Waals surface area contributed by atoms with Gasteiger partial charge in [0, 0.05) is 12.0 Å². The number of methoxy groups -OCH3 is 1. The molecule has 0 radical (unpaired) electrons. The van der Waals surface area contributed by atoms with Gasteiger partial charge in [0.1, 0.15) is 5.75 Å².